The number of nitrogens with zero attached hydrogens (tertiary/aromatic N) is 1. The molecule has 3 heteroatoms. The lowest BCUT2D eigenvalue weighted by Crippen LogP contribution is -2.40. The van der Waals surface area contributed by atoms with E-state index in [4.69, 9.17) is 10.5 Å². The first-order valence-electron chi connectivity index (χ1n) is 7.29. The summed E-state index contributed by atoms with van der Waals surface area (Å²) in [4.78, 5) is 2.51. The van der Waals surface area contributed by atoms with Gasteiger partial charge in [-0.2, -0.15) is 0 Å². The summed E-state index contributed by atoms with van der Waals surface area (Å²) in [5, 5.41) is 0. The Bertz CT molecular complexity index is 482. The van der Waals surface area contributed by atoms with Gasteiger partial charge in [0.25, 0.3) is 0 Å². The Morgan fingerprint density at radius 3 is 2.65 bits per heavy atom. The Hall–Kier alpha value is -1.50. The zero-order chi connectivity index (χ0) is 14.4. The van der Waals surface area contributed by atoms with E-state index >= 15 is 0 Å². The predicted molar refractivity (Wildman–Crippen MR) is 82.8 cm³/mol. The average Bonchev–Trinajstić information content (AvgIpc) is 2.77. The summed E-state index contributed by atoms with van der Waals surface area (Å²) in [5.74, 6) is 6.75. The molecule has 0 aromatic heterocycles. The molecule has 108 valence electrons. The van der Waals surface area contributed by atoms with Crippen molar-refractivity contribution in [3.63, 3.8) is 0 Å². The third-order valence-corrected chi connectivity index (χ3v) is 3.89. The summed E-state index contributed by atoms with van der Waals surface area (Å²) in [6.07, 6.45) is 2.57. The Morgan fingerprint density at radius 2 is 2.05 bits per heavy atom. The van der Waals surface area contributed by atoms with Crippen LogP contribution in [0.15, 0.2) is 24.3 Å². The van der Waals surface area contributed by atoms with Crippen molar-refractivity contribution in [1.29, 1.82) is 0 Å². The van der Waals surface area contributed by atoms with Gasteiger partial charge in [0.2, 0.25) is 0 Å². The van der Waals surface area contributed by atoms with Gasteiger partial charge in [0.15, 0.2) is 0 Å². The molecule has 0 aliphatic carbocycles. The van der Waals surface area contributed by atoms with E-state index in [1.165, 1.54) is 19.4 Å². The van der Waals surface area contributed by atoms with Crippen molar-refractivity contribution in [3.8, 4) is 17.6 Å². The summed E-state index contributed by atoms with van der Waals surface area (Å²) in [5.41, 5.74) is 6.65. The van der Waals surface area contributed by atoms with Gasteiger partial charge < -0.3 is 10.5 Å². The van der Waals surface area contributed by atoms with Crippen LogP contribution in [0.1, 0.15) is 32.3 Å². The molecule has 0 amide bonds. The molecule has 2 rings (SSSR count). The molecule has 20 heavy (non-hydrogen) atoms. The molecule has 2 N–H and O–H groups in total. The summed E-state index contributed by atoms with van der Waals surface area (Å²) >= 11 is 0. The third kappa shape index (κ3) is 4.00. The second kappa shape index (κ2) is 6.78. The van der Waals surface area contributed by atoms with Crippen LogP contribution in [0.2, 0.25) is 0 Å². The molecule has 0 spiro atoms. The molecule has 1 aromatic rings. The molecule has 0 bridgehead atoms. The van der Waals surface area contributed by atoms with Crippen molar-refractivity contribution < 1.29 is 4.74 Å². The van der Waals surface area contributed by atoms with Gasteiger partial charge in [0.05, 0.1) is 6.54 Å². The molecule has 1 fully saturated rings. The maximum Gasteiger partial charge on any atom is 0.119 e. The van der Waals surface area contributed by atoms with Crippen LogP contribution in [-0.4, -0.2) is 36.7 Å². The lowest BCUT2D eigenvalue weighted by atomic mass is 10.0. The molecule has 1 aliphatic rings. The van der Waals surface area contributed by atoms with Gasteiger partial charge >= 0.3 is 0 Å². The number of rotatable bonds is 4. The number of ether oxygens (including phenoxy) is 1. The molecular weight excluding hydrogens is 248 g/mol. The SMILES string of the molecule is CC1(C)CCCN1CCOc1ccc(C#CCN)cc1. The second-order valence-corrected chi connectivity index (χ2v) is 5.78. The van der Waals surface area contributed by atoms with E-state index in [2.05, 4.69) is 30.6 Å². The smallest absolute Gasteiger partial charge is 0.119 e. The van der Waals surface area contributed by atoms with Crippen molar-refractivity contribution in [2.75, 3.05) is 26.2 Å². The first-order chi connectivity index (χ1) is 9.62. The van der Waals surface area contributed by atoms with E-state index in [1.807, 2.05) is 24.3 Å². The van der Waals surface area contributed by atoms with Gasteiger partial charge in [-0.1, -0.05) is 11.8 Å². The van der Waals surface area contributed by atoms with E-state index < -0.39 is 0 Å². The molecule has 0 saturated carbocycles. The van der Waals surface area contributed by atoms with Gasteiger partial charge in [-0.3, -0.25) is 4.90 Å². The summed E-state index contributed by atoms with van der Waals surface area (Å²) in [7, 11) is 0. The Labute approximate surface area is 122 Å². The van der Waals surface area contributed by atoms with Gasteiger partial charge in [0, 0.05) is 17.6 Å². The van der Waals surface area contributed by atoms with Crippen LogP contribution in [0, 0.1) is 11.8 Å². The van der Waals surface area contributed by atoms with Gasteiger partial charge in [-0.25, -0.2) is 0 Å². The average molecular weight is 272 g/mol. The van der Waals surface area contributed by atoms with Crippen molar-refractivity contribution in [1.82, 2.24) is 4.90 Å². The minimum absolute atomic E-state index is 0.324. The van der Waals surface area contributed by atoms with E-state index in [9.17, 15) is 0 Å². The fourth-order valence-electron chi connectivity index (χ4n) is 2.64. The molecule has 1 aliphatic heterocycles. The van der Waals surface area contributed by atoms with Gasteiger partial charge in [0.1, 0.15) is 12.4 Å². The number of likely N-dealkylation sites (tertiary alicyclic amines) is 1. The van der Waals surface area contributed by atoms with Crippen LogP contribution in [0.25, 0.3) is 0 Å². The predicted octanol–water partition coefficient (Wildman–Crippen LogP) is 2.25. The Kier molecular flexibility index (Phi) is 5.05. The number of hydrogen-bond donors (Lipinski definition) is 1. The van der Waals surface area contributed by atoms with Crippen LogP contribution in [-0.2, 0) is 0 Å². The number of nitrogens with two attached hydrogens (primary N) is 1. The van der Waals surface area contributed by atoms with Gasteiger partial charge in [-0.15, -0.1) is 0 Å². The Morgan fingerprint density at radius 1 is 1.30 bits per heavy atom. The van der Waals surface area contributed by atoms with E-state index in [0.717, 1.165) is 24.5 Å². The molecule has 0 atom stereocenters. The summed E-state index contributed by atoms with van der Waals surface area (Å²) in [6, 6.07) is 7.88. The molecule has 3 nitrogen and oxygen atoms in total. The van der Waals surface area contributed by atoms with E-state index in [0.29, 0.717) is 12.1 Å². The standard InChI is InChI=1S/C17H24N2O/c1-17(2)10-4-12-19(17)13-14-20-16-8-6-15(7-9-16)5-3-11-18/h6-9H,4,10-14,18H2,1-2H3. The molecule has 1 aromatic carbocycles. The highest BCUT2D eigenvalue weighted by atomic mass is 16.5. The summed E-state index contributed by atoms with van der Waals surface area (Å²) < 4.78 is 5.81. The van der Waals surface area contributed by atoms with Crippen molar-refractivity contribution in [3.05, 3.63) is 29.8 Å². The van der Waals surface area contributed by atoms with Gasteiger partial charge in [-0.05, 0) is 57.5 Å². The highest BCUT2D eigenvalue weighted by Crippen LogP contribution is 2.27. The molecule has 1 heterocycles. The minimum Gasteiger partial charge on any atom is -0.492 e. The molecular formula is C17H24N2O. The van der Waals surface area contributed by atoms with Crippen molar-refractivity contribution in [2.45, 2.75) is 32.2 Å². The highest BCUT2D eigenvalue weighted by molar-refractivity contribution is 5.38. The maximum absolute atomic E-state index is 5.81. The summed E-state index contributed by atoms with van der Waals surface area (Å²) in [6.45, 7) is 7.92. The Balaban J connectivity index is 1.79. The molecule has 0 unspecified atom stereocenters. The first kappa shape index (κ1) is 14.9. The van der Waals surface area contributed by atoms with E-state index in [1.54, 1.807) is 0 Å². The lowest BCUT2D eigenvalue weighted by molar-refractivity contribution is 0.143. The zero-order valence-corrected chi connectivity index (χ0v) is 12.5. The molecule has 0 radical (unpaired) electrons. The first-order valence-corrected chi connectivity index (χ1v) is 7.29. The minimum atomic E-state index is 0.324. The highest BCUT2D eigenvalue weighted by Gasteiger charge is 2.31. The van der Waals surface area contributed by atoms with E-state index in [-0.39, 0.29) is 0 Å². The number of hydrogen-bond acceptors (Lipinski definition) is 3. The topological polar surface area (TPSA) is 38.5 Å². The molecule has 1 saturated heterocycles. The quantitative estimate of drug-likeness (QED) is 0.854. The van der Waals surface area contributed by atoms with Crippen LogP contribution in [0.3, 0.4) is 0 Å². The fourth-order valence-corrected chi connectivity index (χ4v) is 2.64. The van der Waals surface area contributed by atoms with Crippen LogP contribution in [0.4, 0.5) is 0 Å². The van der Waals surface area contributed by atoms with Crippen molar-refractivity contribution in [2.24, 2.45) is 5.73 Å². The third-order valence-electron chi connectivity index (χ3n) is 3.89. The van der Waals surface area contributed by atoms with Crippen molar-refractivity contribution >= 4 is 0 Å². The zero-order valence-electron chi connectivity index (χ0n) is 12.5. The second-order valence-electron chi connectivity index (χ2n) is 5.78. The van der Waals surface area contributed by atoms with Crippen LogP contribution >= 0.6 is 0 Å². The van der Waals surface area contributed by atoms with Crippen LogP contribution < -0.4 is 10.5 Å². The monoisotopic (exact) mass is 272 g/mol. The number of benzene rings is 1. The largest absolute Gasteiger partial charge is 0.492 e. The lowest BCUT2D eigenvalue weighted by Gasteiger charge is -2.31. The maximum atomic E-state index is 5.81. The normalized spacial score (nSPS) is 17.6. The fraction of sp³-hybridized carbons (Fsp3) is 0.529. The van der Waals surface area contributed by atoms with Crippen LogP contribution in [0.5, 0.6) is 5.75 Å².